The first-order chi connectivity index (χ1) is 14.1. The van der Waals surface area contributed by atoms with Crippen LogP contribution in [-0.4, -0.2) is 17.4 Å². The van der Waals surface area contributed by atoms with Crippen molar-refractivity contribution < 1.29 is 9.50 Å². The molecule has 3 aliphatic rings. The Hall–Kier alpha value is -1.15. The maximum atomic E-state index is 14.1. The fourth-order valence-electron chi connectivity index (χ4n) is 6.28. The van der Waals surface area contributed by atoms with Gasteiger partial charge in [0, 0.05) is 6.42 Å². The molecule has 2 heteroatoms. The van der Waals surface area contributed by atoms with Gasteiger partial charge in [0.05, 0.1) is 6.10 Å². The summed E-state index contributed by atoms with van der Waals surface area (Å²) in [4.78, 5) is 0. The Balaban J connectivity index is 1.76. The van der Waals surface area contributed by atoms with Gasteiger partial charge in [-0.15, -0.1) is 0 Å². The van der Waals surface area contributed by atoms with E-state index in [9.17, 15) is 9.50 Å². The number of hydrogen-bond donors (Lipinski definition) is 1. The lowest BCUT2D eigenvalue weighted by atomic mass is 9.61. The molecule has 3 rings (SSSR count). The average molecular weight is 415 g/mol. The van der Waals surface area contributed by atoms with Gasteiger partial charge in [-0.1, -0.05) is 71.1 Å². The molecule has 7 atom stereocenters. The summed E-state index contributed by atoms with van der Waals surface area (Å²) in [6.45, 7) is 15.8. The van der Waals surface area contributed by atoms with E-state index >= 15 is 0 Å². The second-order valence-electron chi connectivity index (χ2n) is 11.0. The van der Waals surface area contributed by atoms with Gasteiger partial charge in [0.25, 0.3) is 0 Å². The Morgan fingerprint density at radius 2 is 1.87 bits per heavy atom. The van der Waals surface area contributed by atoms with Crippen molar-refractivity contribution >= 4 is 0 Å². The molecule has 0 saturated heterocycles. The average Bonchev–Trinajstić information content (AvgIpc) is 3.04. The van der Waals surface area contributed by atoms with Gasteiger partial charge >= 0.3 is 0 Å². The SMILES string of the molecule is C=C1/C(=C\C=C2/CCC[C@]3(C)[C@@H]([C@H](C)/C=C/[C@H](C)C(C)C)CC[C@@H]23)C[C@@H](O)CC1F. The third-order valence-corrected chi connectivity index (χ3v) is 8.67. The van der Waals surface area contributed by atoms with Crippen molar-refractivity contribution in [1.82, 2.24) is 0 Å². The topological polar surface area (TPSA) is 20.2 Å². The Labute approximate surface area is 184 Å². The number of halogens is 1. The fraction of sp³-hybridized carbons (Fsp3) is 0.714. The lowest BCUT2D eigenvalue weighted by Crippen LogP contribution is -2.35. The summed E-state index contributed by atoms with van der Waals surface area (Å²) in [7, 11) is 0. The first kappa shape index (κ1) is 23.5. The Morgan fingerprint density at radius 3 is 2.57 bits per heavy atom. The van der Waals surface area contributed by atoms with Crippen LogP contribution in [0.3, 0.4) is 0 Å². The van der Waals surface area contributed by atoms with E-state index in [0.717, 1.165) is 17.9 Å². The molecule has 0 amide bonds. The zero-order chi connectivity index (χ0) is 22.1. The molecular weight excluding hydrogens is 371 g/mol. The zero-order valence-corrected chi connectivity index (χ0v) is 19.8. The number of rotatable bonds is 5. The standard InChI is InChI=1S/C28H43FO/c1-18(2)19(3)9-10-20(4)25-13-14-26-22(8-7-15-28(25,26)6)11-12-23-16-24(30)17-27(29)21(23)5/h9-12,18-20,24-27,30H,5,7-8,13-17H2,1-4,6H3/b10-9+,22-11+,23-12-/t19-,20+,24+,25+,26-,27?,28+/m0/s1. The summed E-state index contributed by atoms with van der Waals surface area (Å²) in [5.41, 5.74) is 3.36. The Kier molecular flexibility index (Phi) is 7.49. The molecule has 0 aliphatic heterocycles. The van der Waals surface area contributed by atoms with Crippen LogP contribution >= 0.6 is 0 Å². The van der Waals surface area contributed by atoms with Crippen LogP contribution < -0.4 is 0 Å². The summed E-state index contributed by atoms with van der Waals surface area (Å²) >= 11 is 0. The van der Waals surface area contributed by atoms with Crippen molar-refractivity contribution in [3.63, 3.8) is 0 Å². The van der Waals surface area contributed by atoms with Gasteiger partial charge < -0.3 is 5.11 Å². The highest BCUT2D eigenvalue weighted by atomic mass is 19.1. The van der Waals surface area contributed by atoms with Crippen molar-refractivity contribution in [2.45, 2.75) is 91.8 Å². The van der Waals surface area contributed by atoms with E-state index < -0.39 is 12.3 Å². The van der Waals surface area contributed by atoms with Gasteiger partial charge in [0.15, 0.2) is 0 Å². The van der Waals surface area contributed by atoms with Gasteiger partial charge in [-0.25, -0.2) is 4.39 Å². The lowest BCUT2D eigenvalue weighted by Gasteiger charge is -2.44. The Bertz CT molecular complexity index is 714. The van der Waals surface area contributed by atoms with Gasteiger partial charge in [0.1, 0.15) is 6.17 Å². The van der Waals surface area contributed by atoms with E-state index in [1.54, 1.807) is 0 Å². The number of alkyl halides is 1. The molecule has 0 aromatic rings. The van der Waals surface area contributed by atoms with Crippen LogP contribution in [0.1, 0.15) is 79.6 Å². The van der Waals surface area contributed by atoms with E-state index in [2.05, 4.69) is 65.5 Å². The third-order valence-electron chi connectivity index (χ3n) is 8.67. The molecule has 0 aromatic heterocycles. The number of hydrogen-bond acceptors (Lipinski definition) is 1. The summed E-state index contributed by atoms with van der Waals surface area (Å²) in [5.74, 6) is 3.30. The smallest absolute Gasteiger partial charge is 0.127 e. The van der Waals surface area contributed by atoms with E-state index in [-0.39, 0.29) is 6.42 Å². The highest BCUT2D eigenvalue weighted by Crippen LogP contribution is 2.59. The van der Waals surface area contributed by atoms with Crippen LogP contribution in [0.2, 0.25) is 0 Å². The maximum Gasteiger partial charge on any atom is 0.127 e. The second-order valence-corrected chi connectivity index (χ2v) is 11.0. The molecular formula is C28H43FO. The molecule has 0 aromatic carbocycles. The van der Waals surface area contributed by atoms with Crippen molar-refractivity contribution in [3.05, 3.63) is 47.6 Å². The van der Waals surface area contributed by atoms with Gasteiger partial charge in [-0.3, -0.25) is 0 Å². The maximum absolute atomic E-state index is 14.1. The normalized spacial score (nSPS) is 39.8. The molecule has 0 heterocycles. The highest BCUT2D eigenvalue weighted by molar-refractivity contribution is 5.38. The van der Waals surface area contributed by atoms with E-state index in [4.69, 9.17) is 0 Å². The first-order valence-corrected chi connectivity index (χ1v) is 12.2. The molecule has 1 unspecified atom stereocenters. The van der Waals surface area contributed by atoms with Gasteiger partial charge in [-0.2, -0.15) is 0 Å². The first-order valence-electron chi connectivity index (χ1n) is 12.2. The van der Waals surface area contributed by atoms with E-state index in [0.29, 0.717) is 41.1 Å². The van der Waals surface area contributed by atoms with Crippen LogP contribution in [0.25, 0.3) is 0 Å². The summed E-state index contributed by atoms with van der Waals surface area (Å²) in [6, 6.07) is 0. The van der Waals surface area contributed by atoms with Gasteiger partial charge in [-0.05, 0) is 84.7 Å². The minimum absolute atomic E-state index is 0.190. The quantitative estimate of drug-likeness (QED) is 0.459. The van der Waals surface area contributed by atoms with Crippen LogP contribution in [0.4, 0.5) is 4.39 Å². The molecule has 1 nitrogen and oxygen atoms in total. The van der Waals surface area contributed by atoms with Crippen molar-refractivity contribution in [2.75, 3.05) is 0 Å². The van der Waals surface area contributed by atoms with Crippen molar-refractivity contribution in [1.29, 1.82) is 0 Å². The monoisotopic (exact) mass is 414 g/mol. The molecule has 0 radical (unpaired) electrons. The molecule has 1 N–H and O–H groups in total. The minimum atomic E-state index is -1.10. The molecule has 3 saturated carbocycles. The molecule has 0 spiro atoms. The second kappa shape index (κ2) is 9.55. The molecule has 3 fully saturated rings. The molecule has 0 bridgehead atoms. The van der Waals surface area contributed by atoms with Crippen LogP contribution in [0.15, 0.2) is 47.6 Å². The molecule has 30 heavy (non-hydrogen) atoms. The Morgan fingerprint density at radius 1 is 1.13 bits per heavy atom. The number of aliphatic hydroxyl groups is 1. The lowest BCUT2D eigenvalue weighted by molar-refractivity contribution is 0.112. The van der Waals surface area contributed by atoms with Crippen molar-refractivity contribution in [3.8, 4) is 0 Å². The van der Waals surface area contributed by atoms with Crippen LogP contribution in [0.5, 0.6) is 0 Å². The minimum Gasteiger partial charge on any atom is -0.393 e. The van der Waals surface area contributed by atoms with Crippen LogP contribution in [0, 0.1) is 35.0 Å². The predicted octanol–water partition coefficient (Wildman–Crippen LogP) is 7.59. The molecule has 3 aliphatic carbocycles. The van der Waals surface area contributed by atoms with Crippen LogP contribution in [-0.2, 0) is 0 Å². The number of aliphatic hydroxyl groups excluding tert-OH is 1. The summed E-state index contributed by atoms with van der Waals surface area (Å²) in [6.07, 6.45) is 14.6. The third kappa shape index (κ3) is 4.85. The highest BCUT2D eigenvalue weighted by Gasteiger charge is 2.50. The fourth-order valence-corrected chi connectivity index (χ4v) is 6.28. The largest absolute Gasteiger partial charge is 0.393 e. The number of fused-ring (bicyclic) bond motifs is 1. The summed E-state index contributed by atoms with van der Waals surface area (Å²) < 4.78 is 14.1. The van der Waals surface area contributed by atoms with Crippen molar-refractivity contribution in [2.24, 2.45) is 35.0 Å². The van der Waals surface area contributed by atoms with E-state index in [1.165, 1.54) is 31.3 Å². The van der Waals surface area contributed by atoms with Gasteiger partial charge in [0.2, 0.25) is 0 Å². The summed E-state index contributed by atoms with van der Waals surface area (Å²) in [5, 5.41) is 9.97. The predicted molar refractivity (Wildman–Crippen MR) is 126 cm³/mol. The van der Waals surface area contributed by atoms with E-state index in [1.807, 2.05) is 0 Å². The zero-order valence-electron chi connectivity index (χ0n) is 19.8. The number of allylic oxidation sites excluding steroid dienone is 6. The molecule has 168 valence electrons.